The van der Waals surface area contributed by atoms with Crippen LogP contribution in [0.5, 0.6) is 0 Å². The first kappa shape index (κ1) is 15.2. The Hall–Kier alpha value is -2.70. The molecule has 1 amide bonds. The molecule has 3 rings (SSSR count). The summed E-state index contributed by atoms with van der Waals surface area (Å²) in [5, 5.41) is 8.26. The van der Waals surface area contributed by atoms with E-state index in [0.29, 0.717) is 25.2 Å². The maximum Gasteiger partial charge on any atom is 0.409 e. The molecular formula is C16H17FN4O2. The Morgan fingerprint density at radius 3 is 2.78 bits per heavy atom. The zero-order chi connectivity index (χ0) is 16.4. The standard InChI is InChI=1S/C16H17FN4O2/c1-11-15(12-7-9-20(10-8-12)16(22)23-2)18-19-21(11)14-6-4-3-5-13(14)17/h3-7H,8-10H2,1-2H3. The van der Waals surface area contributed by atoms with Crippen LogP contribution in [0.1, 0.15) is 17.8 Å². The molecule has 1 aliphatic heterocycles. The largest absolute Gasteiger partial charge is 0.453 e. The molecule has 1 aromatic heterocycles. The van der Waals surface area contributed by atoms with E-state index in [9.17, 15) is 9.18 Å². The third kappa shape index (κ3) is 2.81. The van der Waals surface area contributed by atoms with Gasteiger partial charge in [0.25, 0.3) is 0 Å². The van der Waals surface area contributed by atoms with E-state index >= 15 is 0 Å². The molecule has 0 atom stereocenters. The molecule has 0 aliphatic carbocycles. The zero-order valence-electron chi connectivity index (χ0n) is 13.0. The van der Waals surface area contributed by atoms with Gasteiger partial charge in [0.15, 0.2) is 0 Å². The second kappa shape index (κ2) is 6.20. The van der Waals surface area contributed by atoms with Crippen LogP contribution < -0.4 is 0 Å². The van der Waals surface area contributed by atoms with Crippen molar-refractivity contribution < 1.29 is 13.9 Å². The molecule has 2 heterocycles. The fourth-order valence-corrected chi connectivity index (χ4v) is 2.66. The third-order valence-corrected chi connectivity index (χ3v) is 3.92. The first-order chi connectivity index (χ1) is 11.1. The van der Waals surface area contributed by atoms with E-state index in [1.54, 1.807) is 23.1 Å². The van der Waals surface area contributed by atoms with E-state index in [2.05, 4.69) is 10.3 Å². The number of carbonyl (C=O) groups is 1. The van der Waals surface area contributed by atoms with Crippen LogP contribution >= 0.6 is 0 Å². The van der Waals surface area contributed by atoms with Crippen LogP contribution in [-0.4, -0.2) is 46.2 Å². The summed E-state index contributed by atoms with van der Waals surface area (Å²) in [6.07, 6.45) is 2.25. The first-order valence-corrected chi connectivity index (χ1v) is 7.31. The van der Waals surface area contributed by atoms with Crippen LogP contribution in [0.25, 0.3) is 11.3 Å². The summed E-state index contributed by atoms with van der Waals surface area (Å²) in [6, 6.07) is 6.45. The number of amides is 1. The Labute approximate surface area is 133 Å². The molecule has 120 valence electrons. The van der Waals surface area contributed by atoms with Gasteiger partial charge in [0.1, 0.15) is 17.2 Å². The molecule has 0 radical (unpaired) electrons. The highest BCUT2D eigenvalue weighted by Gasteiger charge is 2.22. The molecular weight excluding hydrogens is 299 g/mol. The Morgan fingerprint density at radius 1 is 1.35 bits per heavy atom. The maximum absolute atomic E-state index is 13.9. The van der Waals surface area contributed by atoms with Crippen molar-refractivity contribution in [3.63, 3.8) is 0 Å². The minimum atomic E-state index is -0.346. The van der Waals surface area contributed by atoms with E-state index in [4.69, 9.17) is 4.74 Å². The molecule has 0 spiro atoms. The summed E-state index contributed by atoms with van der Waals surface area (Å²) in [5.41, 5.74) is 2.88. The van der Waals surface area contributed by atoms with Gasteiger partial charge >= 0.3 is 6.09 Å². The summed E-state index contributed by atoms with van der Waals surface area (Å²) < 4.78 is 20.1. The van der Waals surface area contributed by atoms with E-state index < -0.39 is 0 Å². The van der Waals surface area contributed by atoms with Crippen LogP contribution in [0.3, 0.4) is 0 Å². The Bertz CT molecular complexity index is 769. The lowest BCUT2D eigenvalue weighted by Crippen LogP contribution is -2.34. The van der Waals surface area contributed by atoms with E-state index in [1.807, 2.05) is 13.0 Å². The quantitative estimate of drug-likeness (QED) is 0.854. The summed E-state index contributed by atoms with van der Waals surface area (Å²) in [7, 11) is 1.37. The number of hydrogen-bond donors (Lipinski definition) is 0. The Kier molecular flexibility index (Phi) is 4.10. The maximum atomic E-state index is 13.9. The average Bonchev–Trinajstić information content (AvgIpc) is 2.96. The van der Waals surface area contributed by atoms with Crippen LogP contribution in [0.15, 0.2) is 30.3 Å². The average molecular weight is 316 g/mol. The lowest BCUT2D eigenvalue weighted by atomic mass is 10.0. The van der Waals surface area contributed by atoms with Crippen molar-refractivity contribution in [3.05, 3.63) is 47.5 Å². The number of rotatable bonds is 2. The Morgan fingerprint density at radius 2 is 2.13 bits per heavy atom. The van der Waals surface area contributed by atoms with Crippen LogP contribution in [0.4, 0.5) is 9.18 Å². The zero-order valence-corrected chi connectivity index (χ0v) is 13.0. The number of benzene rings is 1. The number of nitrogens with zero attached hydrogens (tertiary/aromatic N) is 4. The van der Waals surface area contributed by atoms with E-state index in [-0.39, 0.29) is 11.9 Å². The first-order valence-electron chi connectivity index (χ1n) is 7.31. The molecule has 1 aliphatic rings. The van der Waals surface area contributed by atoms with Gasteiger partial charge in [0, 0.05) is 13.1 Å². The monoisotopic (exact) mass is 316 g/mol. The van der Waals surface area contributed by atoms with Gasteiger partial charge in [-0.25, -0.2) is 13.9 Å². The van der Waals surface area contributed by atoms with Gasteiger partial charge in [-0.3, -0.25) is 0 Å². The number of methoxy groups -OCH3 is 1. The number of hydrogen-bond acceptors (Lipinski definition) is 4. The SMILES string of the molecule is COC(=O)N1CC=C(c2nnn(-c3ccccc3F)c2C)CC1. The molecule has 0 bridgehead atoms. The Balaban J connectivity index is 1.88. The predicted molar refractivity (Wildman–Crippen MR) is 82.6 cm³/mol. The molecule has 0 saturated carbocycles. The van der Waals surface area contributed by atoms with Gasteiger partial charge in [-0.2, -0.15) is 0 Å². The van der Waals surface area contributed by atoms with E-state index in [0.717, 1.165) is 17.0 Å². The summed E-state index contributed by atoms with van der Waals surface area (Å²) in [4.78, 5) is 13.1. The molecule has 6 nitrogen and oxygen atoms in total. The van der Waals surface area contributed by atoms with Crippen molar-refractivity contribution in [2.45, 2.75) is 13.3 Å². The van der Waals surface area contributed by atoms with E-state index in [1.165, 1.54) is 17.9 Å². The fraction of sp³-hybridized carbons (Fsp3) is 0.312. The summed E-state index contributed by atoms with van der Waals surface area (Å²) in [5.74, 6) is -0.346. The highest BCUT2D eigenvalue weighted by atomic mass is 19.1. The van der Waals surface area contributed by atoms with Gasteiger partial charge in [-0.05, 0) is 31.1 Å². The summed E-state index contributed by atoms with van der Waals surface area (Å²) in [6.45, 7) is 2.88. The van der Waals surface area contributed by atoms with Gasteiger partial charge in [0.05, 0.1) is 12.8 Å². The van der Waals surface area contributed by atoms with Crippen molar-refractivity contribution in [1.82, 2.24) is 19.9 Å². The van der Waals surface area contributed by atoms with Gasteiger partial charge in [-0.15, -0.1) is 5.10 Å². The van der Waals surface area contributed by atoms with Crippen LogP contribution in [0.2, 0.25) is 0 Å². The van der Waals surface area contributed by atoms with Crippen LogP contribution in [-0.2, 0) is 4.74 Å². The minimum Gasteiger partial charge on any atom is -0.453 e. The molecule has 2 aromatic rings. The van der Waals surface area contributed by atoms with Crippen LogP contribution in [0, 0.1) is 12.7 Å². The number of ether oxygens (including phenoxy) is 1. The van der Waals surface area contributed by atoms with Crippen molar-refractivity contribution in [2.24, 2.45) is 0 Å². The predicted octanol–water partition coefficient (Wildman–Crippen LogP) is 2.57. The second-order valence-electron chi connectivity index (χ2n) is 5.28. The topological polar surface area (TPSA) is 60.2 Å². The van der Waals surface area contributed by atoms with Gasteiger partial charge in [-0.1, -0.05) is 23.4 Å². The lowest BCUT2D eigenvalue weighted by molar-refractivity contribution is 0.128. The summed E-state index contributed by atoms with van der Waals surface area (Å²) >= 11 is 0. The molecule has 1 aromatic carbocycles. The highest BCUT2D eigenvalue weighted by Crippen LogP contribution is 2.25. The molecule has 0 N–H and O–H groups in total. The molecule has 0 unspecified atom stereocenters. The van der Waals surface area contributed by atoms with Crippen molar-refractivity contribution in [1.29, 1.82) is 0 Å². The minimum absolute atomic E-state index is 0.341. The lowest BCUT2D eigenvalue weighted by Gasteiger charge is -2.24. The molecule has 0 fully saturated rings. The van der Waals surface area contributed by atoms with Gasteiger partial charge < -0.3 is 9.64 Å². The number of para-hydroxylation sites is 1. The normalized spacial score (nSPS) is 14.6. The third-order valence-electron chi connectivity index (χ3n) is 3.92. The number of aromatic nitrogens is 3. The highest BCUT2D eigenvalue weighted by molar-refractivity contribution is 5.72. The van der Waals surface area contributed by atoms with Gasteiger partial charge in [0.2, 0.25) is 0 Å². The number of carbonyl (C=O) groups excluding carboxylic acids is 1. The second-order valence-corrected chi connectivity index (χ2v) is 5.28. The van der Waals surface area contributed by atoms with Crippen molar-refractivity contribution >= 4 is 11.7 Å². The number of halogens is 1. The molecule has 7 heteroatoms. The fourth-order valence-electron chi connectivity index (χ4n) is 2.66. The van der Waals surface area contributed by atoms with Crippen molar-refractivity contribution in [2.75, 3.05) is 20.2 Å². The molecule has 0 saturated heterocycles. The van der Waals surface area contributed by atoms with Crippen molar-refractivity contribution in [3.8, 4) is 5.69 Å². The smallest absolute Gasteiger partial charge is 0.409 e. The molecule has 23 heavy (non-hydrogen) atoms.